The third-order valence-corrected chi connectivity index (χ3v) is 2.26. The van der Waals surface area contributed by atoms with Gasteiger partial charge in [0.15, 0.2) is 0 Å². The van der Waals surface area contributed by atoms with E-state index in [4.69, 9.17) is 0 Å². The second-order valence-corrected chi connectivity index (χ2v) is 3.18. The molecule has 0 saturated heterocycles. The van der Waals surface area contributed by atoms with Crippen LogP contribution >= 0.6 is 0 Å². The highest BCUT2D eigenvalue weighted by Crippen LogP contribution is 2.19. The van der Waals surface area contributed by atoms with Crippen molar-refractivity contribution in [2.75, 3.05) is 0 Å². The molecule has 2 aliphatic rings. The molecule has 1 heteroatoms. The molecule has 62 valence electrons. The van der Waals surface area contributed by atoms with E-state index < -0.39 is 0 Å². The molecule has 0 amide bonds. The maximum atomic E-state index is 9.61. The molecular weight excluding hydrogens is 148 g/mol. The van der Waals surface area contributed by atoms with Crippen molar-refractivity contribution in [3.63, 3.8) is 0 Å². The largest absolute Gasteiger partial charge is 0.388 e. The summed E-state index contributed by atoms with van der Waals surface area (Å²) in [7, 11) is 0. The average molecular weight is 160 g/mol. The molecular formula is C11H12O. The van der Waals surface area contributed by atoms with Gasteiger partial charge in [0.25, 0.3) is 0 Å². The first kappa shape index (κ1) is 7.56. The predicted octanol–water partition coefficient (Wildman–Crippen LogP) is 1.83. The number of allylic oxidation sites excluding steroid dienone is 5. The number of hydrogen-bond acceptors (Lipinski definition) is 1. The third kappa shape index (κ3) is 1.41. The zero-order valence-electron chi connectivity index (χ0n) is 6.80. The van der Waals surface area contributed by atoms with E-state index in [1.54, 1.807) is 0 Å². The molecule has 2 aliphatic carbocycles. The van der Waals surface area contributed by atoms with Crippen LogP contribution in [0.2, 0.25) is 0 Å². The standard InChI is InChI=1S/C11H12O/c12-11-8-6-9-3-1-2-4-10(11)7-5-9/h1-12H/b3-1-,4-2?/t9-,10+,11?/m0/s1. The van der Waals surface area contributed by atoms with Crippen LogP contribution in [0, 0.1) is 11.8 Å². The van der Waals surface area contributed by atoms with Gasteiger partial charge in [0, 0.05) is 11.8 Å². The van der Waals surface area contributed by atoms with Crippen LogP contribution in [0.1, 0.15) is 0 Å². The SMILES string of the molecule is OC1C=C[C@@H]2C=C[C@H]1C=C/C=C\2. The zero-order chi connectivity index (χ0) is 8.39. The summed E-state index contributed by atoms with van der Waals surface area (Å²) in [6.07, 6.45) is 15.9. The summed E-state index contributed by atoms with van der Waals surface area (Å²) in [5, 5.41) is 9.61. The molecule has 0 spiro atoms. The van der Waals surface area contributed by atoms with Gasteiger partial charge < -0.3 is 5.11 Å². The average Bonchev–Trinajstić information content (AvgIpc) is 2.12. The number of fused-ring (bicyclic) bond motifs is 2. The van der Waals surface area contributed by atoms with Gasteiger partial charge in [0.05, 0.1) is 6.10 Å². The maximum Gasteiger partial charge on any atom is 0.0818 e. The molecule has 2 rings (SSSR count). The maximum absolute atomic E-state index is 9.61. The summed E-state index contributed by atoms with van der Waals surface area (Å²) in [6.45, 7) is 0. The van der Waals surface area contributed by atoms with Crippen molar-refractivity contribution in [3.8, 4) is 0 Å². The lowest BCUT2D eigenvalue weighted by Crippen LogP contribution is -2.12. The fourth-order valence-electron chi connectivity index (χ4n) is 1.50. The van der Waals surface area contributed by atoms with Gasteiger partial charge in [0.1, 0.15) is 0 Å². The van der Waals surface area contributed by atoms with Crippen LogP contribution in [0.25, 0.3) is 0 Å². The highest BCUT2D eigenvalue weighted by Gasteiger charge is 2.14. The van der Waals surface area contributed by atoms with E-state index in [0.717, 1.165) is 0 Å². The van der Waals surface area contributed by atoms with Crippen molar-refractivity contribution in [1.82, 2.24) is 0 Å². The minimum atomic E-state index is -0.359. The molecule has 2 bridgehead atoms. The van der Waals surface area contributed by atoms with Crippen molar-refractivity contribution in [1.29, 1.82) is 0 Å². The van der Waals surface area contributed by atoms with E-state index in [0.29, 0.717) is 5.92 Å². The molecule has 0 radical (unpaired) electrons. The molecule has 0 aromatic heterocycles. The Morgan fingerprint density at radius 3 is 2.42 bits per heavy atom. The first-order chi connectivity index (χ1) is 5.86. The first-order valence-electron chi connectivity index (χ1n) is 4.26. The van der Waals surface area contributed by atoms with Gasteiger partial charge in [-0.05, 0) is 0 Å². The van der Waals surface area contributed by atoms with Crippen LogP contribution in [-0.2, 0) is 0 Å². The molecule has 0 aromatic carbocycles. The van der Waals surface area contributed by atoms with Gasteiger partial charge in [-0.3, -0.25) is 0 Å². The molecule has 1 unspecified atom stereocenters. The van der Waals surface area contributed by atoms with Crippen molar-refractivity contribution >= 4 is 0 Å². The van der Waals surface area contributed by atoms with E-state index >= 15 is 0 Å². The molecule has 1 N–H and O–H groups in total. The number of hydrogen-bond donors (Lipinski definition) is 1. The summed E-state index contributed by atoms with van der Waals surface area (Å²) < 4.78 is 0. The van der Waals surface area contributed by atoms with E-state index in [1.807, 2.05) is 30.4 Å². The first-order valence-corrected chi connectivity index (χ1v) is 4.26. The van der Waals surface area contributed by atoms with Crippen LogP contribution in [0.4, 0.5) is 0 Å². The van der Waals surface area contributed by atoms with Crippen LogP contribution in [0.5, 0.6) is 0 Å². The Kier molecular flexibility index (Phi) is 1.96. The molecule has 0 fully saturated rings. The van der Waals surface area contributed by atoms with Crippen molar-refractivity contribution < 1.29 is 5.11 Å². The molecule has 0 saturated carbocycles. The summed E-state index contributed by atoms with van der Waals surface area (Å²) in [5.74, 6) is 0.505. The highest BCUT2D eigenvalue weighted by atomic mass is 16.3. The minimum absolute atomic E-state index is 0.149. The summed E-state index contributed by atoms with van der Waals surface area (Å²) >= 11 is 0. The Labute approximate surface area is 72.4 Å². The van der Waals surface area contributed by atoms with E-state index in [1.165, 1.54) is 0 Å². The summed E-state index contributed by atoms with van der Waals surface area (Å²) in [5.41, 5.74) is 0. The topological polar surface area (TPSA) is 20.2 Å². The van der Waals surface area contributed by atoms with Crippen molar-refractivity contribution in [2.24, 2.45) is 11.8 Å². The predicted molar refractivity (Wildman–Crippen MR) is 49.5 cm³/mol. The van der Waals surface area contributed by atoms with Gasteiger partial charge in [-0.1, -0.05) is 48.6 Å². The van der Waals surface area contributed by atoms with E-state index in [9.17, 15) is 5.11 Å². The van der Waals surface area contributed by atoms with E-state index in [-0.39, 0.29) is 12.0 Å². The lowest BCUT2D eigenvalue weighted by Gasteiger charge is -2.10. The summed E-state index contributed by atoms with van der Waals surface area (Å²) in [6, 6.07) is 0. The number of aliphatic hydroxyl groups excluding tert-OH is 1. The van der Waals surface area contributed by atoms with Crippen molar-refractivity contribution in [3.05, 3.63) is 48.6 Å². The second kappa shape index (κ2) is 3.11. The smallest absolute Gasteiger partial charge is 0.0818 e. The molecule has 12 heavy (non-hydrogen) atoms. The molecule has 0 aromatic rings. The number of aliphatic hydroxyl groups is 1. The van der Waals surface area contributed by atoms with Gasteiger partial charge in [-0.15, -0.1) is 0 Å². The lowest BCUT2D eigenvalue weighted by atomic mass is 10.0. The Bertz CT molecular complexity index is 271. The minimum Gasteiger partial charge on any atom is -0.388 e. The van der Waals surface area contributed by atoms with Gasteiger partial charge in [0.2, 0.25) is 0 Å². The van der Waals surface area contributed by atoms with Gasteiger partial charge >= 0.3 is 0 Å². The molecule has 0 aliphatic heterocycles. The van der Waals surface area contributed by atoms with Crippen molar-refractivity contribution in [2.45, 2.75) is 6.10 Å². The van der Waals surface area contributed by atoms with E-state index in [2.05, 4.69) is 18.2 Å². The Morgan fingerprint density at radius 1 is 0.750 bits per heavy atom. The molecule has 0 heterocycles. The van der Waals surface area contributed by atoms with Gasteiger partial charge in [-0.2, -0.15) is 0 Å². The third-order valence-electron chi connectivity index (χ3n) is 2.26. The lowest BCUT2D eigenvalue weighted by molar-refractivity contribution is 0.197. The number of rotatable bonds is 0. The van der Waals surface area contributed by atoms with Crippen LogP contribution in [-0.4, -0.2) is 11.2 Å². The highest BCUT2D eigenvalue weighted by molar-refractivity contribution is 5.25. The second-order valence-electron chi connectivity index (χ2n) is 3.18. The molecule has 3 atom stereocenters. The fraction of sp³-hybridized carbons (Fsp3) is 0.273. The van der Waals surface area contributed by atoms with Crippen LogP contribution in [0.15, 0.2) is 48.6 Å². The van der Waals surface area contributed by atoms with Gasteiger partial charge in [-0.25, -0.2) is 0 Å². The molecule has 1 nitrogen and oxygen atoms in total. The van der Waals surface area contributed by atoms with Crippen LogP contribution in [0.3, 0.4) is 0 Å². The normalized spacial score (nSPS) is 40.6. The van der Waals surface area contributed by atoms with Crippen LogP contribution < -0.4 is 0 Å². The Hall–Kier alpha value is -1.08. The fourth-order valence-corrected chi connectivity index (χ4v) is 1.50. The quantitative estimate of drug-likeness (QED) is 0.536. The zero-order valence-corrected chi connectivity index (χ0v) is 6.80. The monoisotopic (exact) mass is 160 g/mol. The Morgan fingerprint density at radius 2 is 1.50 bits per heavy atom. The Balaban J connectivity index is 2.38. The summed E-state index contributed by atoms with van der Waals surface area (Å²) in [4.78, 5) is 0.